The summed E-state index contributed by atoms with van der Waals surface area (Å²) >= 11 is 6.21. The molecule has 2 aromatic rings. The van der Waals surface area contributed by atoms with Gasteiger partial charge >= 0.3 is 0 Å². The largest absolute Gasteiger partial charge is 0.300 e. The standard InChI is InChI=1S/C30H41ClN2/c1-3-22-33(23-20-25-11-7-5-8-12-25)29(4-2)19-21-30(24-32,26-13-9-6-10-14-26)27-15-17-28(31)18-16-27/h5,7-8,11-12,15-18,26,29H,3-4,6,9-10,13-14,19-23H2,1-2H3. The van der Waals surface area contributed by atoms with Crippen LogP contribution in [0.1, 0.15) is 82.8 Å². The molecule has 2 aromatic carbocycles. The van der Waals surface area contributed by atoms with E-state index in [0.717, 1.165) is 50.2 Å². The van der Waals surface area contributed by atoms with Crippen molar-refractivity contribution in [3.63, 3.8) is 0 Å². The van der Waals surface area contributed by atoms with Crippen LogP contribution in [-0.2, 0) is 11.8 Å². The van der Waals surface area contributed by atoms with Crippen molar-refractivity contribution in [1.82, 2.24) is 4.90 Å². The molecule has 1 fully saturated rings. The van der Waals surface area contributed by atoms with Crippen LogP contribution in [0.4, 0.5) is 0 Å². The molecule has 1 aliphatic carbocycles. The highest BCUT2D eigenvalue weighted by Gasteiger charge is 2.41. The Hall–Kier alpha value is -1.82. The van der Waals surface area contributed by atoms with Crippen molar-refractivity contribution in [3.05, 3.63) is 70.7 Å². The van der Waals surface area contributed by atoms with Crippen molar-refractivity contribution in [1.29, 1.82) is 5.26 Å². The van der Waals surface area contributed by atoms with Crippen LogP contribution in [0.25, 0.3) is 0 Å². The first kappa shape index (κ1) is 25.8. The van der Waals surface area contributed by atoms with E-state index in [4.69, 9.17) is 11.6 Å². The van der Waals surface area contributed by atoms with Gasteiger partial charge in [-0.1, -0.05) is 87.2 Å². The van der Waals surface area contributed by atoms with E-state index in [1.165, 1.54) is 43.2 Å². The number of hydrogen-bond acceptors (Lipinski definition) is 2. The third-order valence-electron chi connectivity index (χ3n) is 7.76. The zero-order valence-electron chi connectivity index (χ0n) is 20.6. The molecule has 2 unspecified atom stereocenters. The van der Waals surface area contributed by atoms with Gasteiger partial charge in [0.25, 0.3) is 0 Å². The van der Waals surface area contributed by atoms with E-state index in [2.05, 4.69) is 67.3 Å². The van der Waals surface area contributed by atoms with Crippen molar-refractivity contribution < 1.29 is 0 Å². The Morgan fingerprint density at radius 2 is 1.70 bits per heavy atom. The predicted octanol–water partition coefficient (Wildman–Crippen LogP) is 8.20. The van der Waals surface area contributed by atoms with Crippen LogP contribution in [0.15, 0.2) is 54.6 Å². The van der Waals surface area contributed by atoms with Gasteiger partial charge < -0.3 is 4.90 Å². The summed E-state index contributed by atoms with van der Waals surface area (Å²) in [5, 5.41) is 11.4. The molecule has 0 bridgehead atoms. The number of hydrogen-bond donors (Lipinski definition) is 0. The lowest BCUT2D eigenvalue weighted by Crippen LogP contribution is -2.41. The Kier molecular flexibility index (Phi) is 10.3. The number of halogens is 1. The molecule has 1 saturated carbocycles. The predicted molar refractivity (Wildman–Crippen MR) is 141 cm³/mol. The molecule has 3 heteroatoms. The van der Waals surface area contributed by atoms with Crippen molar-refractivity contribution in [3.8, 4) is 6.07 Å². The Morgan fingerprint density at radius 3 is 2.30 bits per heavy atom. The molecule has 2 nitrogen and oxygen atoms in total. The van der Waals surface area contributed by atoms with Gasteiger partial charge in [-0.2, -0.15) is 5.26 Å². The van der Waals surface area contributed by atoms with Gasteiger partial charge in [0.05, 0.1) is 11.5 Å². The molecule has 0 radical (unpaired) electrons. The molecule has 2 atom stereocenters. The fourth-order valence-corrected chi connectivity index (χ4v) is 5.99. The molecular weight excluding hydrogens is 424 g/mol. The molecular formula is C30H41ClN2. The highest BCUT2D eigenvalue weighted by atomic mass is 35.5. The minimum Gasteiger partial charge on any atom is -0.300 e. The van der Waals surface area contributed by atoms with E-state index < -0.39 is 5.41 Å². The quantitative estimate of drug-likeness (QED) is 0.316. The van der Waals surface area contributed by atoms with E-state index in [0.29, 0.717) is 12.0 Å². The van der Waals surface area contributed by atoms with E-state index >= 15 is 0 Å². The second-order valence-electron chi connectivity index (χ2n) is 9.80. The number of benzene rings is 2. The third kappa shape index (κ3) is 6.84. The monoisotopic (exact) mass is 464 g/mol. The molecule has 0 aliphatic heterocycles. The van der Waals surface area contributed by atoms with E-state index in [1.807, 2.05) is 12.1 Å². The molecule has 178 valence electrons. The first-order chi connectivity index (χ1) is 16.1. The number of rotatable bonds is 12. The SMILES string of the molecule is CCCN(CCc1ccccc1)C(CC)CCC(C#N)(c1ccc(Cl)cc1)C1CCCCC1. The van der Waals surface area contributed by atoms with Crippen LogP contribution in [0.5, 0.6) is 0 Å². The topological polar surface area (TPSA) is 27.0 Å². The van der Waals surface area contributed by atoms with Gasteiger partial charge in [0.1, 0.15) is 0 Å². The first-order valence-corrected chi connectivity index (χ1v) is 13.5. The van der Waals surface area contributed by atoms with E-state index in [-0.39, 0.29) is 0 Å². The van der Waals surface area contributed by atoms with Gasteiger partial charge in [0, 0.05) is 17.6 Å². The smallest absolute Gasteiger partial charge is 0.0851 e. The van der Waals surface area contributed by atoms with Gasteiger partial charge in [-0.05, 0) is 80.7 Å². The van der Waals surface area contributed by atoms with Crippen LogP contribution < -0.4 is 0 Å². The fraction of sp³-hybridized carbons (Fsp3) is 0.567. The van der Waals surface area contributed by atoms with E-state index in [1.54, 1.807) is 0 Å². The first-order valence-electron chi connectivity index (χ1n) is 13.1. The fourth-order valence-electron chi connectivity index (χ4n) is 5.86. The average molecular weight is 465 g/mol. The maximum Gasteiger partial charge on any atom is 0.0851 e. The van der Waals surface area contributed by atoms with Crippen molar-refractivity contribution in [2.45, 2.75) is 89.5 Å². The van der Waals surface area contributed by atoms with E-state index in [9.17, 15) is 5.26 Å². The molecule has 0 N–H and O–H groups in total. The molecule has 0 amide bonds. The van der Waals surface area contributed by atoms with Gasteiger partial charge in [0.15, 0.2) is 0 Å². The van der Waals surface area contributed by atoms with Crippen molar-refractivity contribution in [2.75, 3.05) is 13.1 Å². The zero-order chi connectivity index (χ0) is 23.5. The lowest BCUT2D eigenvalue weighted by atomic mass is 9.63. The summed E-state index contributed by atoms with van der Waals surface area (Å²) in [5.74, 6) is 0.443. The van der Waals surface area contributed by atoms with Crippen LogP contribution in [0.2, 0.25) is 5.02 Å². The minimum absolute atomic E-state index is 0.407. The zero-order valence-corrected chi connectivity index (χ0v) is 21.4. The van der Waals surface area contributed by atoms with Gasteiger partial charge in [0.2, 0.25) is 0 Å². The number of nitrogens with zero attached hydrogens (tertiary/aromatic N) is 2. The minimum atomic E-state index is -0.407. The Morgan fingerprint density at radius 1 is 1.00 bits per heavy atom. The summed E-state index contributed by atoms with van der Waals surface area (Å²) in [5.41, 5.74) is 2.17. The molecule has 33 heavy (non-hydrogen) atoms. The normalized spacial score (nSPS) is 17.4. The maximum absolute atomic E-state index is 10.6. The molecule has 0 saturated heterocycles. The highest BCUT2D eigenvalue weighted by Crippen LogP contribution is 2.45. The van der Waals surface area contributed by atoms with Crippen LogP contribution >= 0.6 is 11.6 Å². The average Bonchev–Trinajstić information content (AvgIpc) is 2.87. The Bertz CT molecular complexity index is 851. The Labute approximate surface area is 207 Å². The summed E-state index contributed by atoms with van der Waals surface area (Å²) in [6.45, 7) is 6.79. The van der Waals surface area contributed by atoms with Crippen LogP contribution in [0.3, 0.4) is 0 Å². The van der Waals surface area contributed by atoms with Crippen LogP contribution in [0, 0.1) is 17.2 Å². The van der Waals surface area contributed by atoms with Crippen molar-refractivity contribution >= 4 is 11.6 Å². The number of nitriles is 1. The molecule has 0 aromatic heterocycles. The van der Waals surface area contributed by atoms with Gasteiger partial charge in [-0.25, -0.2) is 0 Å². The lowest BCUT2D eigenvalue weighted by Gasteiger charge is -2.40. The summed E-state index contributed by atoms with van der Waals surface area (Å²) in [4.78, 5) is 2.68. The second-order valence-corrected chi connectivity index (χ2v) is 10.2. The van der Waals surface area contributed by atoms with Gasteiger partial charge in [-0.15, -0.1) is 0 Å². The molecule has 3 rings (SSSR count). The third-order valence-corrected chi connectivity index (χ3v) is 8.01. The molecule has 1 aliphatic rings. The summed E-state index contributed by atoms with van der Waals surface area (Å²) in [6, 6.07) is 22.3. The molecule has 0 spiro atoms. The Balaban J connectivity index is 1.78. The summed E-state index contributed by atoms with van der Waals surface area (Å²) in [6.07, 6.45) is 11.5. The van der Waals surface area contributed by atoms with Crippen LogP contribution in [-0.4, -0.2) is 24.0 Å². The second kappa shape index (κ2) is 13.2. The summed E-state index contributed by atoms with van der Waals surface area (Å²) < 4.78 is 0. The van der Waals surface area contributed by atoms with Gasteiger partial charge in [-0.3, -0.25) is 0 Å². The molecule has 0 heterocycles. The highest BCUT2D eigenvalue weighted by molar-refractivity contribution is 6.30. The maximum atomic E-state index is 10.6. The summed E-state index contributed by atoms with van der Waals surface area (Å²) in [7, 11) is 0. The lowest BCUT2D eigenvalue weighted by molar-refractivity contribution is 0.159. The van der Waals surface area contributed by atoms with Crippen molar-refractivity contribution in [2.24, 2.45) is 5.92 Å².